The van der Waals surface area contributed by atoms with E-state index >= 15 is 0 Å². The Balaban J connectivity index is 1.59. The van der Waals surface area contributed by atoms with E-state index in [1.54, 1.807) is 7.11 Å². The fourth-order valence-electron chi connectivity index (χ4n) is 4.44. The molecule has 4 rings (SSSR count). The van der Waals surface area contributed by atoms with Gasteiger partial charge in [0.05, 0.1) is 12.7 Å². The van der Waals surface area contributed by atoms with Gasteiger partial charge < -0.3 is 14.4 Å². The first-order valence-corrected chi connectivity index (χ1v) is 11.8. The average molecular weight is 449 g/mol. The lowest BCUT2D eigenvalue weighted by Gasteiger charge is -2.31. The van der Waals surface area contributed by atoms with Gasteiger partial charge in [-0.15, -0.1) is 0 Å². The lowest BCUT2D eigenvalue weighted by molar-refractivity contribution is -0.137. The van der Waals surface area contributed by atoms with Crippen LogP contribution >= 0.6 is 0 Å². The number of methoxy groups -OCH3 is 1. The van der Waals surface area contributed by atoms with E-state index in [9.17, 15) is 9.59 Å². The number of amides is 2. The summed E-state index contributed by atoms with van der Waals surface area (Å²) in [5.41, 5.74) is 4.23. The third-order valence-electron chi connectivity index (χ3n) is 6.28. The first-order valence-electron chi connectivity index (χ1n) is 11.8. The molecule has 0 saturated carbocycles. The van der Waals surface area contributed by atoms with Crippen LogP contribution in [0.3, 0.4) is 0 Å². The molecule has 174 valence electrons. The van der Waals surface area contributed by atoms with Crippen LogP contribution in [0.5, 0.6) is 5.75 Å². The van der Waals surface area contributed by atoms with Crippen LogP contribution in [0.4, 0.5) is 0 Å². The highest BCUT2D eigenvalue weighted by Gasteiger charge is 2.41. The fraction of sp³-hybridized carbons (Fsp3) is 0.407. The van der Waals surface area contributed by atoms with Crippen molar-refractivity contribution in [2.75, 3.05) is 33.4 Å². The van der Waals surface area contributed by atoms with Crippen molar-refractivity contribution in [2.45, 2.75) is 39.2 Å². The largest absolute Gasteiger partial charge is 0.497 e. The molecular formula is C27H32N2O4. The summed E-state index contributed by atoms with van der Waals surface area (Å²) in [6, 6.07) is 15.7. The Morgan fingerprint density at radius 3 is 2.36 bits per heavy atom. The van der Waals surface area contributed by atoms with Crippen molar-refractivity contribution >= 4 is 17.4 Å². The van der Waals surface area contributed by atoms with Crippen LogP contribution in [0.25, 0.3) is 5.57 Å². The molecule has 2 aliphatic heterocycles. The smallest absolute Gasteiger partial charge is 0.277 e. The average Bonchev–Trinajstić information content (AvgIpc) is 3.10. The third-order valence-corrected chi connectivity index (χ3v) is 6.28. The highest BCUT2D eigenvalue weighted by molar-refractivity contribution is 6.35. The van der Waals surface area contributed by atoms with E-state index in [2.05, 4.69) is 24.0 Å². The Kier molecular flexibility index (Phi) is 7.45. The molecule has 2 amide bonds. The maximum atomic E-state index is 13.5. The number of rotatable bonds is 10. The summed E-state index contributed by atoms with van der Waals surface area (Å²) >= 11 is 0. The van der Waals surface area contributed by atoms with E-state index < -0.39 is 0 Å². The van der Waals surface area contributed by atoms with Gasteiger partial charge in [0.2, 0.25) is 0 Å². The first-order chi connectivity index (χ1) is 16.1. The molecule has 0 aliphatic carbocycles. The molecule has 0 aromatic heterocycles. The number of fused-ring (bicyclic) bond motifs is 1. The van der Waals surface area contributed by atoms with Gasteiger partial charge in [-0.25, -0.2) is 0 Å². The maximum absolute atomic E-state index is 13.5. The number of hydrogen-bond acceptors (Lipinski definition) is 5. The molecule has 0 spiro atoms. The topological polar surface area (TPSA) is 59.1 Å². The number of carbonyl (C=O) groups excluding carboxylic acids is 2. The Hall–Kier alpha value is -3.12. The van der Waals surface area contributed by atoms with Crippen molar-refractivity contribution in [1.29, 1.82) is 0 Å². The van der Waals surface area contributed by atoms with Crippen LogP contribution in [-0.2, 0) is 27.3 Å². The molecule has 0 saturated heterocycles. The second kappa shape index (κ2) is 10.7. The quantitative estimate of drug-likeness (QED) is 0.406. The van der Waals surface area contributed by atoms with E-state index in [4.69, 9.17) is 9.47 Å². The van der Waals surface area contributed by atoms with Gasteiger partial charge in [-0.3, -0.25) is 14.5 Å². The van der Waals surface area contributed by atoms with Gasteiger partial charge in [-0.1, -0.05) is 49.7 Å². The highest BCUT2D eigenvalue weighted by atomic mass is 16.5. The van der Waals surface area contributed by atoms with Crippen molar-refractivity contribution in [2.24, 2.45) is 0 Å². The van der Waals surface area contributed by atoms with Gasteiger partial charge in [-0.2, -0.15) is 0 Å². The minimum Gasteiger partial charge on any atom is -0.497 e. The maximum Gasteiger partial charge on any atom is 0.277 e. The summed E-state index contributed by atoms with van der Waals surface area (Å²) in [6.45, 7) is 5.07. The van der Waals surface area contributed by atoms with Crippen LogP contribution in [0.2, 0.25) is 0 Å². The van der Waals surface area contributed by atoms with Gasteiger partial charge in [0.1, 0.15) is 11.4 Å². The monoisotopic (exact) mass is 448 g/mol. The predicted molar refractivity (Wildman–Crippen MR) is 128 cm³/mol. The molecule has 2 aliphatic rings. The zero-order valence-corrected chi connectivity index (χ0v) is 19.5. The van der Waals surface area contributed by atoms with Gasteiger partial charge in [0.15, 0.2) is 0 Å². The zero-order valence-electron chi connectivity index (χ0n) is 19.5. The Morgan fingerprint density at radius 2 is 1.64 bits per heavy atom. The predicted octanol–water partition coefficient (Wildman–Crippen LogP) is 4.04. The first kappa shape index (κ1) is 23.1. The number of imide groups is 1. The van der Waals surface area contributed by atoms with Crippen molar-refractivity contribution in [3.8, 4) is 5.75 Å². The number of carbonyl (C=O) groups is 2. The van der Waals surface area contributed by atoms with Crippen LogP contribution in [-0.4, -0.2) is 55.0 Å². The Labute approximate surface area is 195 Å². The SMILES string of the molecule is CCCCOCCCN1C(=O)C(c2ccc(OC)cc2)=C(N2CCc3ccccc3C2)C1=O. The van der Waals surface area contributed by atoms with Gasteiger partial charge in [0.25, 0.3) is 11.8 Å². The second-order valence-corrected chi connectivity index (χ2v) is 8.47. The summed E-state index contributed by atoms with van der Waals surface area (Å²) in [7, 11) is 1.61. The molecule has 33 heavy (non-hydrogen) atoms. The van der Waals surface area contributed by atoms with Crippen LogP contribution in [0.15, 0.2) is 54.2 Å². The summed E-state index contributed by atoms with van der Waals surface area (Å²) in [4.78, 5) is 30.5. The van der Waals surface area contributed by atoms with Crippen LogP contribution < -0.4 is 4.74 Å². The lowest BCUT2D eigenvalue weighted by Crippen LogP contribution is -2.38. The molecule has 0 fully saturated rings. The van der Waals surface area contributed by atoms with E-state index in [1.807, 2.05) is 36.4 Å². The molecule has 0 radical (unpaired) electrons. The third kappa shape index (κ3) is 4.96. The number of hydrogen-bond donors (Lipinski definition) is 0. The van der Waals surface area contributed by atoms with Crippen LogP contribution in [0.1, 0.15) is 42.9 Å². The van der Waals surface area contributed by atoms with Crippen molar-refractivity contribution in [3.05, 3.63) is 70.9 Å². The minimum atomic E-state index is -0.229. The molecule has 2 aromatic rings. The summed E-state index contributed by atoms with van der Waals surface area (Å²) in [6.07, 6.45) is 3.58. The van der Waals surface area contributed by atoms with Crippen molar-refractivity contribution < 1.29 is 19.1 Å². The summed E-state index contributed by atoms with van der Waals surface area (Å²) in [5.74, 6) is 0.275. The molecule has 6 heteroatoms. The van der Waals surface area contributed by atoms with Crippen molar-refractivity contribution in [1.82, 2.24) is 9.80 Å². The van der Waals surface area contributed by atoms with Crippen LogP contribution in [0, 0.1) is 0 Å². The molecule has 0 N–H and O–H groups in total. The highest BCUT2D eigenvalue weighted by Crippen LogP contribution is 2.35. The van der Waals surface area contributed by atoms with E-state index in [0.717, 1.165) is 24.8 Å². The lowest BCUT2D eigenvalue weighted by atomic mass is 9.98. The molecule has 2 heterocycles. The summed E-state index contributed by atoms with van der Waals surface area (Å²) in [5, 5.41) is 0. The van der Waals surface area contributed by atoms with Gasteiger partial charge in [-0.05, 0) is 48.1 Å². The minimum absolute atomic E-state index is 0.209. The number of benzene rings is 2. The fourth-order valence-corrected chi connectivity index (χ4v) is 4.44. The molecule has 2 aromatic carbocycles. The molecule has 0 atom stereocenters. The molecule has 6 nitrogen and oxygen atoms in total. The van der Waals surface area contributed by atoms with Crippen molar-refractivity contribution in [3.63, 3.8) is 0 Å². The van der Waals surface area contributed by atoms with Gasteiger partial charge >= 0.3 is 0 Å². The van der Waals surface area contributed by atoms with Gasteiger partial charge in [0, 0.05) is 32.8 Å². The normalized spacial score (nSPS) is 15.9. The standard InChI is InChI=1S/C27H32N2O4/c1-3-4-17-33-18-7-15-29-26(30)24(21-10-12-23(32-2)13-11-21)25(27(29)31)28-16-14-20-8-5-6-9-22(20)19-28/h5-6,8-13H,3-4,7,14-19H2,1-2H3. The summed E-state index contributed by atoms with van der Waals surface area (Å²) < 4.78 is 10.9. The molecule has 0 bridgehead atoms. The number of unbranched alkanes of at least 4 members (excludes halogenated alkanes) is 1. The second-order valence-electron chi connectivity index (χ2n) is 8.47. The number of nitrogens with zero attached hydrogens (tertiary/aromatic N) is 2. The van der Waals surface area contributed by atoms with E-state index in [-0.39, 0.29) is 11.8 Å². The molecular weight excluding hydrogens is 416 g/mol. The zero-order chi connectivity index (χ0) is 23.2. The Bertz CT molecular complexity index is 1030. The van der Waals surface area contributed by atoms with E-state index in [1.165, 1.54) is 16.0 Å². The number of ether oxygens (including phenoxy) is 2. The molecule has 0 unspecified atom stereocenters. The Morgan fingerprint density at radius 1 is 0.909 bits per heavy atom. The van der Waals surface area contributed by atoms with E-state index in [0.29, 0.717) is 56.3 Å².